The number of pyridine rings is 1. The summed E-state index contributed by atoms with van der Waals surface area (Å²) in [5, 5.41) is 2.95. The number of aromatic nitrogens is 1. The minimum atomic E-state index is -3.76. The molecule has 0 aliphatic heterocycles. The Morgan fingerprint density at radius 1 is 1.10 bits per heavy atom. The Kier molecular flexibility index (Phi) is 6.36. The quantitative estimate of drug-likeness (QED) is 0.617. The van der Waals surface area contributed by atoms with Crippen LogP contribution in [0.2, 0.25) is 5.02 Å². The van der Waals surface area contributed by atoms with Crippen LogP contribution in [0.15, 0.2) is 78.0 Å². The maximum Gasteiger partial charge on any atom is 0.264 e. The molecule has 0 bridgehead atoms. The lowest BCUT2D eigenvalue weighted by atomic mass is 10.3. The highest BCUT2D eigenvalue weighted by Crippen LogP contribution is 2.29. The monoisotopic (exact) mass is 431 g/mol. The molecule has 0 atom stereocenters. The third-order valence-electron chi connectivity index (χ3n) is 3.96. The van der Waals surface area contributed by atoms with Crippen molar-refractivity contribution >= 4 is 38.9 Å². The van der Waals surface area contributed by atoms with Gasteiger partial charge in [-0.25, -0.2) is 8.42 Å². The number of sulfonamides is 1. The molecular weight excluding hydrogens is 414 g/mol. The summed E-state index contributed by atoms with van der Waals surface area (Å²) in [4.78, 5) is 16.1. The van der Waals surface area contributed by atoms with Crippen molar-refractivity contribution in [2.45, 2.75) is 4.90 Å². The lowest BCUT2D eigenvalue weighted by molar-refractivity contribution is -0.118. The fourth-order valence-corrected chi connectivity index (χ4v) is 3.90. The van der Waals surface area contributed by atoms with E-state index in [-0.39, 0.29) is 28.2 Å². The van der Waals surface area contributed by atoms with Gasteiger partial charge in [-0.05, 0) is 36.4 Å². The first-order valence-corrected chi connectivity index (χ1v) is 10.4. The van der Waals surface area contributed by atoms with Gasteiger partial charge in [0.05, 0.1) is 10.6 Å². The molecule has 2 aromatic carbocycles. The van der Waals surface area contributed by atoms with Crippen molar-refractivity contribution < 1.29 is 17.9 Å². The van der Waals surface area contributed by atoms with Crippen molar-refractivity contribution in [1.82, 2.24) is 4.98 Å². The molecule has 1 aromatic heterocycles. The third-order valence-corrected chi connectivity index (χ3v) is 5.97. The smallest absolute Gasteiger partial charge is 0.264 e. The number of carbonyl (C=O) groups excluding carboxylic acids is 1. The summed E-state index contributed by atoms with van der Waals surface area (Å²) in [6.07, 6.45) is 3.12. The van der Waals surface area contributed by atoms with Gasteiger partial charge in [-0.1, -0.05) is 29.8 Å². The van der Waals surface area contributed by atoms with Crippen LogP contribution < -0.4 is 14.4 Å². The lowest BCUT2D eigenvalue weighted by Crippen LogP contribution is -2.26. The molecule has 0 saturated carbocycles. The Morgan fingerprint density at radius 3 is 2.48 bits per heavy atom. The van der Waals surface area contributed by atoms with E-state index in [0.717, 1.165) is 4.31 Å². The van der Waals surface area contributed by atoms with Crippen LogP contribution in [0.4, 0.5) is 11.4 Å². The average molecular weight is 432 g/mol. The number of hydrogen-bond acceptors (Lipinski definition) is 5. The van der Waals surface area contributed by atoms with Gasteiger partial charge in [0.1, 0.15) is 5.75 Å². The molecule has 1 heterocycles. The molecule has 0 aliphatic rings. The number of hydrogen-bond donors (Lipinski definition) is 1. The van der Waals surface area contributed by atoms with Crippen LogP contribution in [-0.4, -0.2) is 33.0 Å². The average Bonchev–Trinajstić information content (AvgIpc) is 2.72. The highest BCUT2D eigenvalue weighted by atomic mass is 35.5. The van der Waals surface area contributed by atoms with Crippen molar-refractivity contribution in [2.75, 3.05) is 23.3 Å². The van der Waals surface area contributed by atoms with Gasteiger partial charge in [0.25, 0.3) is 15.9 Å². The Balaban J connectivity index is 1.73. The minimum absolute atomic E-state index is 0.154. The van der Waals surface area contributed by atoms with E-state index in [1.165, 1.54) is 37.4 Å². The lowest BCUT2D eigenvalue weighted by Gasteiger charge is -2.20. The number of ether oxygens (including phenoxy) is 1. The van der Waals surface area contributed by atoms with Crippen molar-refractivity contribution in [3.8, 4) is 5.75 Å². The van der Waals surface area contributed by atoms with Crippen LogP contribution in [0.3, 0.4) is 0 Å². The number of anilines is 2. The van der Waals surface area contributed by atoms with E-state index in [1.54, 1.807) is 42.7 Å². The van der Waals surface area contributed by atoms with Gasteiger partial charge in [0.2, 0.25) is 0 Å². The molecule has 1 amide bonds. The maximum absolute atomic E-state index is 12.8. The van der Waals surface area contributed by atoms with Crippen LogP contribution in [0.1, 0.15) is 0 Å². The second-order valence-electron chi connectivity index (χ2n) is 6.00. The third kappa shape index (κ3) is 5.24. The predicted molar refractivity (Wildman–Crippen MR) is 112 cm³/mol. The van der Waals surface area contributed by atoms with Crippen LogP contribution in [0, 0.1) is 0 Å². The second-order valence-corrected chi connectivity index (χ2v) is 8.41. The summed E-state index contributed by atoms with van der Waals surface area (Å²) in [6.45, 7) is -0.267. The van der Waals surface area contributed by atoms with Gasteiger partial charge >= 0.3 is 0 Å². The van der Waals surface area contributed by atoms with Gasteiger partial charge in [-0.2, -0.15) is 0 Å². The molecule has 7 nitrogen and oxygen atoms in total. The first-order chi connectivity index (χ1) is 13.9. The second kappa shape index (κ2) is 8.93. The summed E-state index contributed by atoms with van der Waals surface area (Å²) in [5.41, 5.74) is 0.903. The molecule has 0 spiro atoms. The van der Waals surface area contributed by atoms with Gasteiger partial charge in [0, 0.05) is 36.2 Å². The number of rotatable bonds is 7. The molecule has 1 N–H and O–H groups in total. The molecule has 0 radical (unpaired) electrons. The van der Waals surface area contributed by atoms with Crippen LogP contribution in [-0.2, 0) is 14.8 Å². The zero-order chi connectivity index (χ0) is 20.9. The summed E-state index contributed by atoms with van der Waals surface area (Å²) in [5.74, 6) is -0.101. The van der Waals surface area contributed by atoms with Crippen molar-refractivity contribution in [1.29, 1.82) is 0 Å². The highest BCUT2D eigenvalue weighted by molar-refractivity contribution is 7.92. The van der Waals surface area contributed by atoms with Crippen molar-refractivity contribution in [2.24, 2.45) is 0 Å². The van der Waals surface area contributed by atoms with E-state index in [2.05, 4.69) is 10.3 Å². The predicted octanol–water partition coefficient (Wildman–Crippen LogP) is 3.58. The minimum Gasteiger partial charge on any atom is -0.484 e. The number of benzene rings is 2. The largest absolute Gasteiger partial charge is 0.484 e. The van der Waals surface area contributed by atoms with Crippen molar-refractivity contribution in [3.63, 3.8) is 0 Å². The molecule has 3 aromatic rings. The molecular formula is C20H18ClN3O4S. The molecule has 0 saturated heterocycles. The number of amides is 1. The topological polar surface area (TPSA) is 88.6 Å². The van der Waals surface area contributed by atoms with Gasteiger partial charge in [0.15, 0.2) is 6.61 Å². The first kappa shape index (κ1) is 20.6. The Hall–Kier alpha value is -3.10. The zero-order valence-corrected chi connectivity index (χ0v) is 17.0. The fraction of sp³-hybridized carbons (Fsp3) is 0.100. The standard InChI is InChI=1S/C20H18ClN3O4S/c1-24(29(26,27)19-5-3-2-4-6-19)17-11-15(21)12-18(13-17)28-14-20(25)23-16-7-9-22-10-8-16/h2-13H,14H2,1H3,(H,22,23,25). The van der Waals surface area contributed by atoms with E-state index in [1.807, 2.05) is 0 Å². The van der Waals surface area contributed by atoms with Gasteiger partial charge < -0.3 is 10.1 Å². The van der Waals surface area contributed by atoms with Crippen molar-refractivity contribution in [3.05, 3.63) is 78.1 Å². The Morgan fingerprint density at radius 2 is 1.79 bits per heavy atom. The first-order valence-electron chi connectivity index (χ1n) is 8.53. The fourth-order valence-electron chi connectivity index (χ4n) is 2.48. The summed E-state index contributed by atoms with van der Waals surface area (Å²) >= 11 is 6.13. The number of nitrogens with one attached hydrogen (secondary N) is 1. The summed E-state index contributed by atoms with van der Waals surface area (Å²) in [6, 6.07) is 15.9. The number of halogens is 1. The Labute approximate surface area is 174 Å². The summed E-state index contributed by atoms with van der Waals surface area (Å²) in [7, 11) is -2.34. The van der Waals surface area contributed by atoms with Crippen LogP contribution >= 0.6 is 11.6 Å². The highest BCUT2D eigenvalue weighted by Gasteiger charge is 2.22. The molecule has 29 heavy (non-hydrogen) atoms. The molecule has 9 heteroatoms. The zero-order valence-electron chi connectivity index (χ0n) is 15.4. The summed E-state index contributed by atoms with van der Waals surface area (Å²) < 4.78 is 32.2. The molecule has 0 unspecified atom stereocenters. The van der Waals surface area contributed by atoms with E-state index in [4.69, 9.17) is 16.3 Å². The molecule has 0 aliphatic carbocycles. The van der Waals surface area contributed by atoms with E-state index in [9.17, 15) is 13.2 Å². The molecule has 0 fully saturated rings. The number of carbonyl (C=O) groups is 1. The molecule has 3 rings (SSSR count). The van der Waals surface area contributed by atoms with Crippen LogP contribution in [0.5, 0.6) is 5.75 Å². The normalized spacial score (nSPS) is 11.0. The maximum atomic E-state index is 12.8. The van der Waals surface area contributed by atoms with Gasteiger partial charge in [-0.3, -0.25) is 14.1 Å². The van der Waals surface area contributed by atoms with E-state index >= 15 is 0 Å². The SMILES string of the molecule is CN(c1cc(Cl)cc(OCC(=O)Nc2ccncc2)c1)S(=O)(=O)c1ccccc1. The number of nitrogens with zero attached hydrogens (tertiary/aromatic N) is 2. The Bertz CT molecular complexity index is 1090. The van der Waals surface area contributed by atoms with E-state index < -0.39 is 10.0 Å². The molecule has 150 valence electrons. The van der Waals surface area contributed by atoms with Crippen LogP contribution in [0.25, 0.3) is 0 Å². The van der Waals surface area contributed by atoms with E-state index in [0.29, 0.717) is 11.4 Å². The van der Waals surface area contributed by atoms with Gasteiger partial charge in [-0.15, -0.1) is 0 Å².